The highest BCUT2D eigenvalue weighted by molar-refractivity contribution is 7.98. The Morgan fingerprint density at radius 1 is 0.871 bits per heavy atom. The summed E-state index contributed by atoms with van der Waals surface area (Å²) in [5, 5.41) is 1.84. The summed E-state index contributed by atoms with van der Waals surface area (Å²) in [6.07, 6.45) is 1.75. The van der Waals surface area contributed by atoms with Crippen molar-refractivity contribution in [2.45, 2.75) is 17.8 Å². The van der Waals surface area contributed by atoms with Crippen LogP contribution in [0.1, 0.15) is 11.3 Å². The third kappa shape index (κ3) is 2.89. The first-order valence-electron chi connectivity index (χ1n) is 9.96. The van der Waals surface area contributed by atoms with Gasteiger partial charge in [0.1, 0.15) is 11.3 Å². The minimum absolute atomic E-state index is 0.0750. The van der Waals surface area contributed by atoms with Crippen LogP contribution in [0, 0.1) is 6.92 Å². The van der Waals surface area contributed by atoms with E-state index in [1.54, 1.807) is 28.4 Å². The normalized spacial score (nSPS) is 11.8. The molecule has 0 fully saturated rings. The summed E-state index contributed by atoms with van der Waals surface area (Å²) >= 11 is 1.56. The molecule has 6 nitrogen and oxygen atoms in total. The number of fused-ring (bicyclic) bond motifs is 6. The molecule has 0 amide bonds. The van der Waals surface area contributed by atoms with Crippen LogP contribution in [0.15, 0.2) is 82.9 Å². The number of benzene rings is 2. The smallest absolute Gasteiger partial charge is 0.258 e. The molecule has 0 radical (unpaired) electrons. The zero-order chi connectivity index (χ0) is 20.9. The molecule has 0 saturated carbocycles. The minimum Gasteiger partial charge on any atom is -0.271 e. The van der Waals surface area contributed by atoms with Crippen molar-refractivity contribution >= 4 is 45.0 Å². The fourth-order valence-corrected chi connectivity index (χ4v) is 4.83. The summed E-state index contributed by atoms with van der Waals surface area (Å²) in [6.45, 7) is 1.96. The van der Waals surface area contributed by atoms with Gasteiger partial charge >= 0.3 is 0 Å². The zero-order valence-electron chi connectivity index (χ0n) is 16.7. The third-order valence-electron chi connectivity index (χ3n) is 5.40. The fourth-order valence-electron chi connectivity index (χ4n) is 3.93. The van der Waals surface area contributed by atoms with E-state index in [0.717, 1.165) is 44.0 Å². The van der Waals surface area contributed by atoms with E-state index in [4.69, 9.17) is 15.0 Å². The molecule has 6 rings (SSSR count). The number of rotatable bonds is 3. The van der Waals surface area contributed by atoms with Crippen LogP contribution in [0.4, 0.5) is 0 Å². The molecule has 4 heterocycles. The first-order valence-corrected chi connectivity index (χ1v) is 10.9. The molecule has 0 aliphatic heterocycles. The van der Waals surface area contributed by atoms with Gasteiger partial charge in [-0.1, -0.05) is 42.1 Å². The predicted molar refractivity (Wildman–Crippen MR) is 124 cm³/mol. The number of hydrogen-bond acceptors (Lipinski definition) is 5. The van der Waals surface area contributed by atoms with E-state index < -0.39 is 0 Å². The Hall–Kier alpha value is -3.71. The first-order chi connectivity index (χ1) is 15.2. The Morgan fingerprint density at radius 2 is 1.68 bits per heavy atom. The molecule has 4 aromatic heterocycles. The Balaban J connectivity index is 1.51. The molecule has 0 saturated heterocycles. The van der Waals surface area contributed by atoms with Crippen molar-refractivity contribution < 1.29 is 0 Å². The van der Waals surface area contributed by atoms with E-state index in [-0.39, 0.29) is 5.56 Å². The van der Waals surface area contributed by atoms with Gasteiger partial charge in [-0.05, 0) is 42.8 Å². The lowest BCUT2D eigenvalue weighted by Crippen LogP contribution is -2.15. The summed E-state index contributed by atoms with van der Waals surface area (Å²) in [5.41, 5.74) is 6.05. The van der Waals surface area contributed by atoms with E-state index in [1.165, 1.54) is 0 Å². The lowest BCUT2D eigenvalue weighted by molar-refractivity contribution is 0.947. The standard InChI is InChI=1S/C24H17N5OS/c1-15-7-6-12-28-21(30)13-16(25-22(15)28)14-31-24-27-18-9-3-2-8-17(18)23-26-19-10-4-5-11-20(19)29(23)24/h2-13H,14H2,1H3. The summed E-state index contributed by atoms with van der Waals surface area (Å²) < 4.78 is 3.68. The van der Waals surface area contributed by atoms with Crippen LogP contribution in [-0.4, -0.2) is 23.8 Å². The molecular weight excluding hydrogens is 406 g/mol. The minimum atomic E-state index is -0.0750. The molecule has 0 aliphatic carbocycles. The van der Waals surface area contributed by atoms with Crippen LogP contribution in [0.5, 0.6) is 0 Å². The summed E-state index contributed by atoms with van der Waals surface area (Å²) in [7, 11) is 0. The highest BCUT2D eigenvalue weighted by atomic mass is 32.2. The average molecular weight is 424 g/mol. The molecule has 0 aliphatic rings. The Kier molecular flexibility index (Phi) is 4.04. The van der Waals surface area contributed by atoms with Gasteiger partial charge in [-0.2, -0.15) is 0 Å². The summed E-state index contributed by atoms with van der Waals surface area (Å²) in [6, 6.07) is 21.5. The molecule has 150 valence electrons. The quantitative estimate of drug-likeness (QED) is 0.306. The molecule has 0 atom stereocenters. The van der Waals surface area contributed by atoms with E-state index in [0.29, 0.717) is 11.4 Å². The van der Waals surface area contributed by atoms with Crippen molar-refractivity contribution in [2.75, 3.05) is 0 Å². The highest BCUT2D eigenvalue weighted by Gasteiger charge is 2.15. The molecule has 6 aromatic rings. The Bertz CT molecular complexity index is 1690. The maximum Gasteiger partial charge on any atom is 0.258 e. The van der Waals surface area contributed by atoms with Crippen molar-refractivity contribution in [3.63, 3.8) is 0 Å². The zero-order valence-corrected chi connectivity index (χ0v) is 17.5. The second kappa shape index (κ2) is 6.92. The number of hydrogen-bond donors (Lipinski definition) is 0. The monoisotopic (exact) mass is 423 g/mol. The summed E-state index contributed by atoms with van der Waals surface area (Å²) in [5.74, 6) is 0.535. The summed E-state index contributed by atoms with van der Waals surface area (Å²) in [4.78, 5) is 27.1. The van der Waals surface area contributed by atoms with Gasteiger partial charge in [0.2, 0.25) is 0 Å². The number of para-hydroxylation sites is 3. The predicted octanol–water partition coefficient (Wildman–Crippen LogP) is 4.64. The van der Waals surface area contributed by atoms with Gasteiger partial charge in [0.15, 0.2) is 5.16 Å². The molecule has 2 aromatic carbocycles. The van der Waals surface area contributed by atoms with Crippen LogP contribution < -0.4 is 5.56 Å². The molecule has 31 heavy (non-hydrogen) atoms. The van der Waals surface area contributed by atoms with Gasteiger partial charge in [-0.15, -0.1) is 0 Å². The van der Waals surface area contributed by atoms with Crippen LogP contribution in [0.2, 0.25) is 0 Å². The van der Waals surface area contributed by atoms with Crippen molar-refractivity contribution in [3.8, 4) is 0 Å². The highest BCUT2D eigenvalue weighted by Crippen LogP contribution is 2.30. The van der Waals surface area contributed by atoms with Crippen LogP contribution in [0.25, 0.3) is 33.2 Å². The van der Waals surface area contributed by atoms with E-state index in [9.17, 15) is 4.79 Å². The Morgan fingerprint density at radius 3 is 2.58 bits per heavy atom. The SMILES string of the molecule is Cc1cccn2c(=O)cc(CSc3nc4ccccc4c4nc5ccccc5n34)nc12. The molecular formula is C24H17N5OS. The third-order valence-corrected chi connectivity index (χ3v) is 6.37. The molecule has 0 spiro atoms. The second-order valence-corrected chi connectivity index (χ2v) is 8.37. The maximum atomic E-state index is 12.6. The number of aryl methyl sites for hydroxylation is 1. The largest absolute Gasteiger partial charge is 0.271 e. The lowest BCUT2D eigenvalue weighted by Gasteiger charge is -2.09. The van der Waals surface area contributed by atoms with E-state index >= 15 is 0 Å². The number of thioether (sulfide) groups is 1. The van der Waals surface area contributed by atoms with Crippen molar-refractivity contribution in [1.29, 1.82) is 0 Å². The maximum absolute atomic E-state index is 12.6. The van der Waals surface area contributed by atoms with Gasteiger partial charge in [0.05, 0.1) is 22.2 Å². The second-order valence-electron chi connectivity index (χ2n) is 7.43. The molecule has 0 bridgehead atoms. The first kappa shape index (κ1) is 18.1. The number of imidazole rings is 1. The fraction of sp³-hybridized carbons (Fsp3) is 0.0833. The van der Waals surface area contributed by atoms with Gasteiger partial charge in [-0.25, -0.2) is 15.0 Å². The average Bonchev–Trinajstić information content (AvgIpc) is 3.18. The van der Waals surface area contributed by atoms with Crippen molar-refractivity contribution in [2.24, 2.45) is 0 Å². The van der Waals surface area contributed by atoms with Gasteiger partial charge in [-0.3, -0.25) is 13.6 Å². The van der Waals surface area contributed by atoms with Crippen molar-refractivity contribution in [3.05, 3.63) is 94.5 Å². The lowest BCUT2D eigenvalue weighted by atomic mass is 10.2. The number of pyridine rings is 1. The van der Waals surface area contributed by atoms with E-state index in [1.807, 2.05) is 61.5 Å². The molecule has 0 unspecified atom stereocenters. The van der Waals surface area contributed by atoms with E-state index in [2.05, 4.69) is 10.5 Å². The number of aromatic nitrogens is 5. The van der Waals surface area contributed by atoms with Gasteiger partial charge < -0.3 is 0 Å². The Labute approximate surface area is 181 Å². The topological polar surface area (TPSA) is 64.6 Å². The van der Waals surface area contributed by atoms with Crippen LogP contribution in [0.3, 0.4) is 0 Å². The van der Waals surface area contributed by atoms with Crippen LogP contribution >= 0.6 is 11.8 Å². The van der Waals surface area contributed by atoms with Gasteiger partial charge in [0, 0.05) is 23.4 Å². The molecule has 0 N–H and O–H groups in total. The van der Waals surface area contributed by atoms with Gasteiger partial charge in [0.25, 0.3) is 5.56 Å². The van der Waals surface area contributed by atoms with Crippen molar-refractivity contribution in [1.82, 2.24) is 23.8 Å². The molecule has 7 heteroatoms. The number of nitrogens with zero attached hydrogens (tertiary/aromatic N) is 5. The van der Waals surface area contributed by atoms with Crippen LogP contribution in [-0.2, 0) is 5.75 Å².